The Morgan fingerprint density at radius 1 is 1.29 bits per heavy atom. The van der Waals surface area contributed by atoms with Crippen molar-refractivity contribution in [2.75, 3.05) is 11.5 Å². The van der Waals surface area contributed by atoms with Gasteiger partial charge >= 0.3 is 5.69 Å². The molecular formula is C15H13Cl2N3O3S. The van der Waals surface area contributed by atoms with E-state index in [9.17, 15) is 14.4 Å². The van der Waals surface area contributed by atoms with Crippen LogP contribution in [0.15, 0.2) is 32.7 Å². The highest BCUT2D eigenvalue weighted by molar-refractivity contribution is 8.00. The van der Waals surface area contributed by atoms with E-state index in [1.54, 1.807) is 18.2 Å². The molecule has 1 aromatic carbocycles. The van der Waals surface area contributed by atoms with Gasteiger partial charge in [0.25, 0.3) is 5.56 Å². The van der Waals surface area contributed by atoms with Crippen molar-refractivity contribution < 1.29 is 4.79 Å². The van der Waals surface area contributed by atoms with Gasteiger partial charge in [-0.1, -0.05) is 29.3 Å². The molecule has 1 aromatic heterocycles. The summed E-state index contributed by atoms with van der Waals surface area (Å²) < 4.78 is 1.28. The summed E-state index contributed by atoms with van der Waals surface area (Å²) in [5.74, 6) is -0.634. The van der Waals surface area contributed by atoms with E-state index in [0.717, 1.165) is 24.6 Å². The van der Waals surface area contributed by atoms with E-state index in [1.807, 2.05) is 0 Å². The summed E-state index contributed by atoms with van der Waals surface area (Å²) in [6, 6.07) is 4.97. The van der Waals surface area contributed by atoms with Crippen LogP contribution in [0.25, 0.3) is 0 Å². The van der Waals surface area contributed by atoms with E-state index in [4.69, 9.17) is 28.9 Å². The van der Waals surface area contributed by atoms with Crippen LogP contribution < -0.4 is 17.0 Å². The topological polar surface area (TPSA) is 98.0 Å². The first-order valence-electron chi connectivity index (χ1n) is 7.14. The molecule has 0 unspecified atom stereocenters. The van der Waals surface area contributed by atoms with Gasteiger partial charge in [0.2, 0.25) is 0 Å². The molecule has 1 aliphatic carbocycles. The van der Waals surface area contributed by atoms with Gasteiger partial charge in [0.15, 0.2) is 5.78 Å². The molecule has 3 rings (SSSR count). The summed E-state index contributed by atoms with van der Waals surface area (Å²) in [6.45, 7) is 0. The fourth-order valence-electron chi connectivity index (χ4n) is 2.36. The molecule has 2 aromatic rings. The molecule has 0 atom stereocenters. The summed E-state index contributed by atoms with van der Waals surface area (Å²) in [7, 11) is 0. The number of nitrogen functional groups attached to an aromatic ring is 1. The first kappa shape index (κ1) is 17.1. The largest absolute Gasteiger partial charge is 0.384 e. The third-order valence-corrected chi connectivity index (χ3v) is 5.63. The van der Waals surface area contributed by atoms with Gasteiger partial charge in [0.1, 0.15) is 11.4 Å². The van der Waals surface area contributed by atoms with Crippen LogP contribution >= 0.6 is 35.0 Å². The number of carbonyl (C=O) groups excluding carboxylic acids is 1. The standard InChI is InChI=1S/C15H13Cl2N3O3S/c16-8-2-1-3-9(17)12(8)24-6-10(21)11-13(18)20(7-4-5-7)15(23)19-14(11)22/h1-3,7H,4-6,18H2,(H,19,22,23). The van der Waals surface area contributed by atoms with Crippen LogP contribution in [0.4, 0.5) is 5.82 Å². The summed E-state index contributed by atoms with van der Waals surface area (Å²) in [6.07, 6.45) is 1.60. The highest BCUT2D eigenvalue weighted by Crippen LogP contribution is 2.36. The molecule has 1 fully saturated rings. The van der Waals surface area contributed by atoms with Gasteiger partial charge in [-0.3, -0.25) is 19.1 Å². The average molecular weight is 386 g/mol. The predicted octanol–water partition coefficient (Wildman–Crippen LogP) is 2.74. The Balaban J connectivity index is 1.89. The van der Waals surface area contributed by atoms with E-state index < -0.39 is 17.0 Å². The Bertz CT molecular complexity index is 914. The molecule has 1 saturated carbocycles. The lowest BCUT2D eigenvalue weighted by molar-refractivity contribution is 0.102. The molecule has 9 heteroatoms. The molecule has 0 bridgehead atoms. The minimum atomic E-state index is -0.773. The third kappa shape index (κ3) is 3.24. The van der Waals surface area contributed by atoms with Crippen LogP contribution in [-0.4, -0.2) is 21.1 Å². The van der Waals surface area contributed by atoms with Gasteiger partial charge in [-0.2, -0.15) is 0 Å². The smallest absolute Gasteiger partial charge is 0.330 e. The molecule has 6 nitrogen and oxygen atoms in total. The number of anilines is 1. The summed E-state index contributed by atoms with van der Waals surface area (Å²) >= 11 is 13.2. The van der Waals surface area contributed by atoms with Gasteiger partial charge in [-0.25, -0.2) is 4.79 Å². The number of Topliss-reactive ketones (excluding diaryl/α,β-unsaturated/α-hetero) is 1. The molecule has 3 N–H and O–H groups in total. The molecule has 1 aliphatic rings. The zero-order valence-electron chi connectivity index (χ0n) is 12.3. The number of H-pyrrole nitrogens is 1. The number of ketones is 1. The maximum atomic E-state index is 12.5. The summed E-state index contributed by atoms with van der Waals surface area (Å²) in [5.41, 5.74) is 4.36. The average Bonchev–Trinajstić information content (AvgIpc) is 3.31. The van der Waals surface area contributed by atoms with Crippen molar-refractivity contribution in [3.63, 3.8) is 0 Å². The van der Waals surface area contributed by atoms with E-state index >= 15 is 0 Å². The minimum absolute atomic E-state index is 0.0495. The van der Waals surface area contributed by atoms with E-state index in [-0.39, 0.29) is 23.2 Å². The summed E-state index contributed by atoms with van der Waals surface area (Å²) in [4.78, 5) is 39.1. The van der Waals surface area contributed by atoms with Crippen molar-refractivity contribution in [1.29, 1.82) is 0 Å². The zero-order valence-corrected chi connectivity index (χ0v) is 14.7. The highest BCUT2D eigenvalue weighted by atomic mass is 35.5. The molecular weight excluding hydrogens is 373 g/mol. The summed E-state index contributed by atoms with van der Waals surface area (Å²) in [5, 5.41) is 0.843. The maximum Gasteiger partial charge on any atom is 0.330 e. The molecule has 0 aliphatic heterocycles. The number of aromatic amines is 1. The quantitative estimate of drug-likeness (QED) is 0.608. The second-order valence-electron chi connectivity index (χ2n) is 5.38. The third-order valence-electron chi connectivity index (χ3n) is 3.64. The van der Waals surface area contributed by atoms with Crippen molar-refractivity contribution in [3.8, 4) is 0 Å². The van der Waals surface area contributed by atoms with Crippen LogP contribution in [0, 0.1) is 0 Å². The normalized spacial score (nSPS) is 13.9. The van der Waals surface area contributed by atoms with Gasteiger partial charge in [0.05, 0.1) is 15.8 Å². The van der Waals surface area contributed by atoms with Crippen LogP contribution in [0.1, 0.15) is 29.2 Å². The molecule has 0 radical (unpaired) electrons. The minimum Gasteiger partial charge on any atom is -0.384 e. The Labute approximate surface area is 151 Å². The number of halogens is 2. The molecule has 0 spiro atoms. The van der Waals surface area contributed by atoms with Gasteiger partial charge < -0.3 is 5.73 Å². The molecule has 1 heterocycles. The number of aromatic nitrogens is 2. The fourth-order valence-corrected chi connectivity index (χ4v) is 3.92. The number of carbonyl (C=O) groups is 1. The second kappa shape index (κ2) is 6.66. The van der Waals surface area contributed by atoms with Crippen molar-refractivity contribution >= 4 is 46.6 Å². The lowest BCUT2D eigenvalue weighted by Crippen LogP contribution is -2.36. The number of hydrogen-bond acceptors (Lipinski definition) is 5. The Morgan fingerprint density at radius 3 is 2.50 bits per heavy atom. The first-order chi connectivity index (χ1) is 11.4. The predicted molar refractivity (Wildman–Crippen MR) is 95.5 cm³/mol. The van der Waals surface area contributed by atoms with Crippen molar-refractivity contribution in [3.05, 3.63) is 54.6 Å². The van der Waals surface area contributed by atoms with Gasteiger partial charge in [-0.15, -0.1) is 11.8 Å². The number of nitrogens with one attached hydrogen (secondary N) is 1. The number of rotatable bonds is 5. The Hall–Kier alpha value is -1.70. The molecule has 24 heavy (non-hydrogen) atoms. The van der Waals surface area contributed by atoms with Crippen LogP contribution in [-0.2, 0) is 0 Å². The van der Waals surface area contributed by atoms with Gasteiger partial charge in [-0.05, 0) is 25.0 Å². The lowest BCUT2D eigenvalue weighted by Gasteiger charge is -2.11. The van der Waals surface area contributed by atoms with Crippen LogP contribution in [0.5, 0.6) is 0 Å². The van der Waals surface area contributed by atoms with Crippen LogP contribution in [0.3, 0.4) is 0 Å². The SMILES string of the molecule is Nc1c(C(=O)CSc2c(Cl)cccc2Cl)c(=O)[nH]c(=O)n1C1CC1. The molecule has 126 valence electrons. The van der Waals surface area contributed by atoms with E-state index in [0.29, 0.717) is 14.9 Å². The second-order valence-corrected chi connectivity index (χ2v) is 7.18. The maximum absolute atomic E-state index is 12.5. The number of nitrogens with zero attached hydrogens (tertiary/aromatic N) is 1. The number of nitrogens with two attached hydrogens (primary N) is 1. The lowest BCUT2D eigenvalue weighted by atomic mass is 10.2. The van der Waals surface area contributed by atoms with Crippen molar-refractivity contribution in [1.82, 2.24) is 9.55 Å². The van der Waals surface area contributed by atoms with Crippen molar-refractivity contribution in [2.24, 2.45) is 0 Å². The van der Waals surface area contributed by atoms with Crippen LogP contribution in [0.2, 0.25) is 10.0 Å². The fraction of sp³-hybridized carbons (Fsp3) is 0.267. The Morgan fingerprint density at radius 2 is 1.92 bits per heavy atom. The highest BCUT2D eigenvalue weighted by Gasteiger charge is 2.30. The Kier molecular flexibility index (Phi) is 4.76. The zero-order chi connectivity index (χ0) is 17.4. The van der Waals surface area contributed by atoms with Gasteiger partial charge in [0, 0.05) is 10.9 Å². The molecule has 0 saturated heterocycles. The first-order valence-corrected chi connectivity index (χ1v) is 8.88. The van der Waals surface area contributed by atoms with E-state index in [1.165, 1.54) is 4.57 Å². The van der Waals surface area contributed by atoms with Crippen molar-refractivity contribution in [2.45, 2.75) is 23.8 Å². The monoisotopic (exact) mass is 385 g/mol. The number of benzene rings is 1. The molecule has 0 amide bonds. The number of hydrogen-bond donors (Lipinski definition) is 2. The van der Waals surface area contributed by atoms with E-state index in [2.05, 4.69) is 4.98 Å². The number of thioether (sulfide) groups is 1.